The first-order valence-corrected chi connectivity index (χ1v) is 5.65. The van der Waals surface area contributed by atoms with Crippen LogP contribution in [0, 0.1) is 6.92 Å². The van der Waals surface area contributed by atoms with E-state index in [1.807, 2.05) is 19.1 Å². The van der Waals surface area contributed by atoms with Gasteiger partial charge < -0.3 is 4.74 Å². The van der Waals surface area contributed by atoms with E-state index in [1.54, 1.807) is 12.1 Å². The van der Waals surface area contributed by atoms with Gasteiger partial charge in [0.15, 0.2) is 0 Å². The second kappa shape index (κ2) is 4.41. The van der Waals surface area contributed by atoms with Crippen molar-refractivity contribution in [1.29, 1.82) is 0 Å². The first-order valence-electron chi connectivity index (χ1n) is 4.10. The van der Waals surface area contributed by atoms with Crippen molar-refractivity contribution in [3.8, 4) is 5.75 Å². The van der Waals surface area contributed by atoms with Crippen LogP contribution in [-0.2, 0) is 10.2 Å². The maximum atomic E-state index is 12.1. The largest absolute Gasteiger partial charge is 0.492 e. The summed E-state index contributed by atoms with van der Waals surface area (Å²) < 4.78 is 37.5. The maximum Gasteiger partial charge on any atom is 0.305 e. The topological polar surface area (TPSA) is 43.4 Å². The minimum atomic E-state index is -4.43. The van der Waals surface area contributed by atoms with E-state index in [1.165, 1.54) is 0 Å². The van der Waals surface area contributed by atoms with Crippen molar-refractivity contribution in [2.75, 3.05) is 12.4 Å². The Hall–Kier alpha value is -1.10. The SMILES string of the molecule is Cc1ccccc1OCCS(=O)(=O)F. The predicted molar refractivity (Wildman–Crippen MR) is 51.6 cm³/mol. The van der Waals surface area contributed by atoms with Crippen LogP contribution in [0.3, 0.4) is 0 Å². The molecule has 0 saturated carbocycles. The minimum absolute atomic E-state index is 0.163. The van der Waals surface area contributed by atoms with Crippen molar-refractivity contribution < 1.29 is 17.0 Å². The van der Waals surface area contributed by atoms with Gasteiger partial charge in [-0.25, -0.2) is 0 Å². The zero-order chi connectivity index (χ0) is 10.6. The number of benzene rings is 1. The lowest BCUT2D eigenvalue weighted by atomic mass is 10.2. The van der Waals surface area contributed by atoms with Crippen LogP contribution in [0.4, 0.5) is 3.89 Å². The molecule has 0 aliphatic carbocycles. The molecular weight excluding hydrogens is 207 g/mol. The first kappa shape index (κ1) is 11.0. The van der Waals surface area contributed by atoms with E-state index in [4.69, 9.17) is 4.74 Å². The average molecular weight is 218 g/mol. The van der Waals surface area contributed by atoms with Crippen molar-refractivity contribution in [3.05, 3.63) is 29.8 Å². The van der Waals surface area contributed by atoms with Crippen LogP contribution < -0.4 is 4.74 Å². The molecule has 0 atom stereocenters. The van der Waals surface area contributed by atoms with Crippen LogP contribution in [-0.4, -0.2) is 20.8 Å². The third kappa shape index (κ3) is 3.74. The summed E-state index contributed by atoms with van der Waals surface area (Å²) in [5, 5.41) is 0. The fourth-order valence-electron chi connectivity index (χ4n) is 0.970. The predicted octanol–water partition coefficient (Wildman–Crippen LogP) is 1.67. The van der Waals surface area contributed by atoms with Gasteiger partial charge in [0, 0.05) is 0 Å². The zero-order valence-corrected chi connectivity index (χ0v) is 8.55. The molecule has 0 N–H and O–H groups in total. The van der Waals surface area contributed by atoms with Gasteiger partial charge in [0.2, 0.25) is 0 Å². The molecule has 14 heavy (non-hydrogen) atoms. The molecule has 1 aromatic carbocycles. The van der Waals surface area contributed by atoms with E-state index < -0.39 is 16.0 Å². The summed E-state index contributed by atoms with van der Waals surface area (Å²) in [5.41, 5.74) is 0.892. The monoisotopic (exact) mass is 218 g/mol. The molecule has 1 rings (SSSR count). The molecular formula is C9H11FO3S. The van der Waals surface area contributed by atoms with Crippen LogP contribution in [0.25, 0.3) is 0 Å². The lowest BCUT2D eigenvalue weighted by molar-refractivity contribution is 0.336. The molecule has 0 saturated heterocycles. The molecule has 0 aliphatic rings. The molecule has 0 unspecified atom stereocenters. The molecule has 0 aromatic heterocycles. The van der Waals surface area contributed by atoms with Gasteiger partial charge in [-0.05, 0) is 18.6 Å². The van der Waals surface area contributed by atoms with Crippen molar-refractivity contribution in [3.63, 3.8) is 0 Å². The number of ether oxygens (including phenoxy) is 1. The third-order valence-corrected chi connectivity index (χ3v) is 2.33. The second-order valence-electron chi connectivity index (χ2n) is 2.86. The summed E-state index contributed by atoms with van der Waals surface area (Å²) in [6.07, 6.45) is 0. The zero-order valence-electron chi connectivity index (χ0n) is 7.73. The first-order chi connectivity index (χ1) is 6.49. The molecule has 0 bridgehead atoms. The molecule has 0 amide bonds. The number of aryl methyl sites for hydroxylation is 1. The number of para-hydroxylation sites is 1. The average Bonchev–Trinajstić information content (AvgIpc) is 2.06. The number of hydrogen-bond donors (Lipinski definition) is 0. The second-order valence-corrected chi connectivity index (χ2v) is 4.34. The normalized spacial score (nSPS) is 11.3. The van der Waals surface area contributed by atoms with Gasteiger partial charge >= 0.3 is 10.2 Å². The maximum absolute atomic E-state index is 12.1. The smallest absolute Gasteiger partial charge is 0.305 e. The number of halogens is 1. The van der Waals surface area contributed by atoms with E-state index in [-0.39, 0.29) is 6.61 Å². The molecule has 0 fully saturated rings. The highest BCUT2D eigenvalue weighted by molar-refractivity contribution is 7.86. The number of rotatable bonds is 4. The molecule has 0 aliphatic heterocycles. The van der Waals surface area contributed by atoms with E-state index in [0.717, 1.165) is 5.56 Å². The summed E-state index contributed by atoms with van der Waals surface area (Å²) in [7, 11) is -4.43. The fraction of sp³-hybridized carbons (Fsp3) is 0.333. The van der Waals surface area contributed by atoms with Gasteiger partial charge in [-0.1, -0.05) is 18.2 Å². The molecule has 0 spiro atoms. The Morgan fingerprint density at radius 1 is 1.36 bits per heavy atom. The highest BCUT2D eigenvalue weighted by atomic mass is 32.3. The van der Waals surface area contributed by atoms with E-state index in [9.17, 15) is 12.3 Å². The van der Waals surface area contributed by atoms with Gasteiger partial charge in [0.05, 0.1) is 0 Å². The van der Waals surface area contributed by atoms with Crippen LogP contribution in [0.15, 0.2) is 24.3 Å². The van der Waals surface area contributed by atoms with Crippen molar-refractivity contribution in [2.24, 2.45) is 0 Å². The number of hydrogen-bond acceptors (Lipinski definition) is 3. The van der Waals surface area contributed by atoms with Gasteiger partial charge in [-0.2, -0.15) is 8.42 Å². The molecule has 0 heterocycles. The van der Waals surface area contributed by atoms with E-state index >= 15 is 0 Å². The van der Waals surface area contributed by atoms with Crippen molar-refractivity contribution in [2.45, 2.75) is 6.92 Å². The minimum Gasteiger partial charge on any atom is -0.492 e. The van der Waals surface area contributed by atoms with Gasteiger partial charge in [-0.15, -0.1) is 3.89 Å². The van der Waals surface area contributed by atoms with Gasteiger partial charge in [0.25, 0.3) is 0 Å². The Morgan fingerprint density at radius 3 is 2.57 bits per heavy atom. The Kier molecular flexibility index (Phi) is 3.46. The molecule has 78 valence electrons. The molecule has 1 aromatic rings. The van der Waals surface area contributed by atoms with Crippen LogP contribution in [0.2, 0.25) is 0 Å². The molecule has 5 heteroatoms. The summed E-state index contributed by atoms with van der Waals surface area (Å²) in [5.74, 6) is -0.0300. The Morgan fingerprint density at radius 2 is 2.00 bits per heavy atom. The summed E-state index contributed by atoms with van der Waals surface area (Å²) in [6.45, 7) is 1.67. The quantitative estimate of drug-likeness (QED) is 0.722. The summed E-state index contributed by atoms with van der Waals surface area (Å²) >= 11 is 0. The standard InChI is InChI=1S/C9H11FO3S/c1-8-4-2-3-5-9(8)13-6-7-14(10,11)12/h2-5H,6-7H2,1H3. The van der Waals surface area contributed by atoms with E-state index in [0.29, 0.717) is 5.75 Å². The van der Waals surface area contributed by atoms with Crippen LogP contribution in [0.1, 0.15) is 5.56 Å². The fourth-order valence-corrected chi connectivity index (χ4v) is 1.25. The van der Waals surface area contributed by atoms with Crippen LogP contribution >= 0.6 is 0 Å². The lowest BCUT2D eigenvalue weighted by Crippen LogP contribution is -2.09. The Bertz CT molecular complexity index is 400. The summed E-state index contributed by atoms with van der Waals surface area (Å²) in [4.78, 5) is 0. The molecule has 0 radical (unpaired) electrons. The highest BCUT2D eigenvalue weighted by Gasteiger charge is 2.07. The third-order valence-electron chi connectivity index (χ3n) is 1.68. The summed E-state index contributed by atoms with van der Waals surface area (Å²) in [6, 6.07) is 7.15. The highest BCUT2D eigenvalue weighted by Crippen LogP contribution is 2.15. The Balaban J connectivity index is 2.51. The molecule has 3 nitrogen and oxygen atoms in total. The lowest BCUT2D eigenvalue weighted by Gasteiger charge is -2.06. The van der Waals surface area contributed by atoms with E-state index in [2.05, 4.69) is 0 Å². The van der Waals surface area contributed by atoms with Gasteiger partial charge in [0.1, 0.15) is 18.1 Å². The Labute approximate surface area is 82.7 Å². The van der Waals surface area contributed by atoms with Gasteiger partial charge in [-0.3, -0.25) is 0 Å². The van der Waals surface area contributed by atoms with Crippen molar-refractivity contribution >= 4 is 10.2 Å². The van der Waals surface area contributed by atoms with Crippen LogP contribution in [0.5, 0.6) is 5.75 Å². The van der Waals surface area contributed by atoms with Crippen molar-refractivity contribution in [1.82, 2.24) is 0 Å².